The van der Waals surface area contributed by atoms with E-state index >= 15 is 0 Å². The van der Waals surface area contributed by atoms with Gasteiger partial charge < -0.3 is 24.4 Å². The van der Waals surface area contributed by atoms with Crippen LogP contribution in [0.5, 0.6) is 11.5 Å². The highest BCUT2D eigenvalue weighted by atomic mass is 35.5. The number of carbonyl (C=O) groups is 3. The van der Waals surface area contributed by atoms with Crippen LogP contribution in [0.1, 0.15) is 29.6 Å². The van der Waals surface area contributed by atoms with Gasteiger partial charge in [0.1, 0.15) is 23.7 Å². The average Bonchev–Trinajstić information content (AvgIpc) is 2.82. The fourth-order valence-electron chi connectivity index (χ4n) is 4.40. The lowest BCUT2D eigenvalue weighted by atomic mass is 9.99. The molecule has 2 aromatic rings. The van der Waals surface area contributed by atoms with Crippen molar-refractivity contribution < 1.29 is 28.6 Å². The fraction of sp³-hybridized carbons (Fsp3) is 0.400. The monoisotopic (exact) mass is 518 g/mol. The number of halogens is 2. The van der Waals surface area contributed by atoms with Crippen LogP contribution in [0.3, 0.4) is 0 Å². The van der Waals surface area contributed by atoms with E-state index in [2.05, 4.69) is 5.32 Å². The van der Waals surface area contributed by atoms with Crippen molar-refractivity contribution in [1.29, 1.82) is 0 Å². The zero-order valence-corrected chi connectivity index (χ0v) is 20.3. The van der Waals surface area contributed by atoms with Gasteiger partial charge in [0.15, 0.2) is 11.9 Å². The Balaban J connectivity index is 1.05. The van der Waals surface area contributed by atoms with Gasteiger partial charge in [0, 0.05) is 10.0 Å². The highest BCUT2D eigenvalue weighted by Crippen LogP contribution is 2.30. The molecule has 0 aliphatic carbocycles. The molecule has 2 amide bonds. The molecule has 0 bridgehead atoms. The lowest BCUT2D eigenvalue weighted by Crippen LogP contribution is -2.60. The van der Waals surface area contributed by atoms with Crippen molar-refractivity contribution in [3.05, 3.63) is 58.1 Å². The molecule has 3 atom stereocenters. The topological polar surface area (TPSA) is 94.2 Å². The van der Waals surface area contributed by atoms with Crippen molar-refractivity contribution in [3.8, 4) is 11.5 Å². The van der Waals surface area contributed by atoms with Crippen molar-refractivity contribution in [2.75, 3.05) is 19.7 Å². The Morgan fingerprint density at radius 3 is 2.46 bits per heavy atom. The number of hydrogen-bond donors (Lipinski definition) is 1. The summed E-state index contributed by atoms with van der Waals surface area (Å²) in [5.41, 5.74) is 0.385. The number of carbonyl (C=O) groups excluding carboxylic acids is 3. The molecule has 2 aromatic carbocycles. The largest absolute Gasteiger partial charge is 0.487 e. The Morgan fingerprint density at radius 2 is 1.74 bits per heavy atom. The van der Waals surface area contributed by atoms with E-state index in [9.17, 15) is 14.4 Å². The van der Waals surface area contributed by atoms with Crippen LogP contribution >= 0.6 is 23.2 Å². The van der Waals surface area contributed by atoms with Gasteiger partial charge in [-0.2, -0.15) is 0 Å². The maximum Gasteiger partial charge on any atom is 0.261 e. The summed E-state index contributed by atoms with van der Waals surface area (Å²) < 4.78 is 17.3. The second-order valence-corrected chi connectivity index (χ2v) is 9.79. The van der Waals surface area contributed by atoms with Gasteiger partial charge in [0.25, 0.3) is 11.8 Å². The van der Waals surface area contributed by atoms with E-state index in [0.29, 0.717) is 47.3 Å². The molecule has 10 heteroatoms. The molecule has 3 aliphatic rings. The summed E-state index contributed by atoms with van der Waals surface area (Å²) in [6.45, 7) is 1.22. The number of rotatable bonds is 5. The summed E-state index contributed by atoms with van der Waals surface area (Å²) in [4.78, 5) is 39.6. The number of likely N-dealkylation sites (tertiary alicyclic amines) is 1. The Hall–Kier alpha value is -2.81. The first-order chi connectivity index (χ1) is 16.9. The van der Waals surface area contributed by atoms with Crippen molar-refractivity contribution in [2.45, 2.75) is 43.6 Å². The number of amides is 2. The molecule has 0 saturated carbocycles. The summed E-state index contributed by atoms with van der Waals surface area (Å²) >= 11 is 11.8. The third kappa shape index (κ3) is 5.39. The number of nitrogens with one attached hydrogen (secondary N) is 1. The number of fused-ring (bicyclic) bond motifs is 1. The Bertz CT molecular complexity index is 1130. The number of benzene rings is 2. The molecular weight excluding hydrogens is 495 g/mol. The van der Waals surface area contributed by atoms with Crippen LogP contribution in [0.15, 0.2) is 42.5 Å². The molecule has 2 fully saturated rings. The van der Waals surface area contributed by atoms with E-state index in [4.69, 9.17) is 37.4 Å². The van der Waals surface area contributed by atoms with Crippen LogP contribution in [0.25, 0.3) is 0 Å². The molecule has 0 spiro atoms. The Kier molecular flexibility index (Phi) is 6.86. The molecule has 0 radical (unpaired) electrons. The van der Waals surface area contributed by atoms with Gasteiger partial charge >= 0.3 is 0 Å². The molecule has 1 unspecified atom stereocenters. The predicted molar refractivity (Wildman–Crippen MR) is 128 cm³/mol. The molecule has 3 heterocycles. The molecule has 3 aliphatic heterocycles. The van der Waals surface area contributed by atoms with Crippen LogP contribution < -0.4 is 14.8 Å². The number of ether oxygens (including phenoxy) is 3. The lowest BCUT2D eigenvalue weighted by molar-refractivity contribution is -0.156. The maximum atomic E-state index is 12.7. The SMILES string of the molecule is O=C1CC(C(=O)N[C@@H]2CC[C@@H](C(=O)N3CC(Oc4ccc(Cl)cc4)C3)OC2)Oc2ccc(Cl)cc21. The first-order valence-corrected chi connectivity index (χ1v) is 12.2. The standard InChI is InChI=1S/C25H24Cl2N2O6/c26-14-1-5-17(6-2-14)34-18-11-29(12-18)25(32)22-8-4-16(13-33-22)28-24(31)23-10-20(30)19-9-15(27)3-7-21(19)35-23/h1-3,5-7,9,16,18,22-23H,4,8,10-13H2,(H,28,31)/t16-,22+,23?/m1/s1. The van der Waals surface area contributed by atoms with Crippen LogP contribution in [0.2, 0.25) is 10.0 Å². The van der Waals surface area contributed by atoms with E-state index in [1.807, 2.05) is 0 Å². The fourth-order valence-corrected chi connectivity index (χ4v) is 4.70. The lowest BCUT2D eigenvalue weighted by Gasteiger charge is -2.41. The molecule has 184 valence electrons. The van der Waals surface area contributed by atoms with Gasteiger partial charge in [-0.1, -0.05) is 23.2 Å². The first kappa shape index (κ1) is 23.9. The van der Waals surface area contributed by atoms with Gasteiger partial charge in [-0.3, -0.25) is 14.4 Å². The van der Waals surface area contributed by atoms with Crippen LogP contribution in [-0.4, -0.2) is 66.5 Å². The molecule has 5 rings (SSSR count). The van der Waals surface area contributed by atoms with E-state index < -0.39 is 12.2 Å². The Labute approximate surface area is 212 Å². The van der Waals surface area contributed by atoms with Gasteiger partial charge in [0.05, 0.1) is 37.7 Å². The summed E-state index contributed by atoms with van der Waals surface area (Å²) in [6.07, 6.45) is -0.474. The highest BCUT2D eigenvalue weighted by molar-refractivity contribution is 6.31. The minimum atomic E-state index is -0.908. The van der Waals surface area contributed by atoms with Crippen molar-refractivity contribution in [3.63, 3.8) is 0 Å². The van der Waals surface area contributed by atoms with Gasteiger partial charge in [0.2, 0.25) is 0 Å². The van der Waals surface area contributed by atoms with E-state index in [1.54, 1.807) is 47.4 Å². The normalized spacial score (nSPS) is 24.1. The molecule has 8 nitrogen and oxygen atoms in total. The molecule has 35 heavy (non-hydrogen) atoms. The number of Topliss-reactive ketones (excluding diaryl/α,β-unsaturated/α-hetero) is 1. The molecule has 1 N–H and O–H groups in total. The zero-order chi connectivity index (χ0) is 24.5. The van der Waals surface area contributed by atoms with Gasteiger partial charge in [-0.25, -0.2) is 0 Å². The maximum absolute atomic E-state index is 12.7. The average molecular weight is 519 g/mol. The summed E-state index contributed by atoms with van der Waals surface area (Å²) in [5, 5.41) is 3.97. The second kappa shape index (κ2) is 10.0. The Morgan fingerprint density at radius 1 is 1.00 bits per heavy atom. The summed E-state index contributed by atoms with van der Waals surface area (Å²) in [7, 11) is 0. The van der Waals surface area contributed by atoms with E-state index in [1.165, 1.54) is 0 Å². The van der Waals surface area contributed by atoms with Gasteiger partial charge in [-0.05, 0) is 55.3 Å². The summed E-state index contributed by atoms with van der Waals surface area (Å²) in [5.74, 6) is 0.441. The number of nitrogens with zero attached hydrogens (tertiary/aromatic N) is 1. The first-order valence-electron chi connectivity index (χ1n) is 11.5. The van der Waals surface area contributed by atoms with Crippen molar-refractivity contribution in [1.82, 2.24) is 10.2 Å². The van der Waals surface area contributed by atoms with Crippen LogP contribution in [0, 0.1) is 0 Å². The third-order valence-electron chi connectivity index (χ3n) is 6.35. The second-order valence-electron chi connectivity index (χ2n) is 8.92. The van der Waals surface area contributed by atoms with Gasteiger partial charge in [-0.15, -0.1) is 0 Å². The molecule has 2 saturated heterocycles. The smallest absolute Gasteiger partial charge is 0.261 e. The number of hydrogen-bond acceptors (Lipinski definition) is 6. The van der Waals surface area contributed by atoms with E-state index in [0.717, 1.165) is 5.75 Å². The van der Waals surface area contributed by atoms with Crippen molar-refractivity contribution in [2.24, 2.45) is 0 Å². The zero-order valence-electron chi connectivity index (χ0n) is 18.7. The third-order valence-corrected chi connectivity index (χ3v) is 6.84. The minimum absolute atomic E-state index is 0.0535. The predicted octanol–water partition coefficient (Wildman–Crippen LogP) is 3.28. The highest BCUT2D eigenvalue weighted by Gasteiger charge is 2.39. The molecule has 0 aromatic heterocycles. The van der Waals surface area contributed by atoms with Crippen LogP contribution in [0.4, 0.5) is 0 Å². The minimum Gasteiger partial charge on any atom is -0.487 e. The summed E-state index contributed by atoms with van der Waals surface area (Å²) in [6, 6.07) is 11.6. The van der Waals surface area contributed by atoms with E-state index in [-0.39, 0.29) is 42.8 Å². The molecular formula is C25H24Cl2N2O6. The quantitative estimate of drug-likeness (QED) is 0.652. The van der Waals surface area contributed by atoms with Crippen molar-refractivity contribution >= 4 is 40.8 Å². The van der Waals surface area contributed by atoms with Crippen LogP contribution in [-0.2, 0) is 14.3 Å². The number of ketones is 1.